The summed E-state index contributed by atoms with van der Waals surface area (Å²) in [5, 5.41) is 7.20. The van der Waals surface area contributed by atoms with Crippen molar-refractivity contribution in [2.24, 2.45) is 5.92 Å². The smallest absolute Gasteiger partial charge is 0.224 e. The Morgan fingerprint density at radius 3 is 2.50 bits per heavy atom. The molecule has 0 spiro atoms. The Bertz CT molecular complexity index is 622. The molecular formula is C20H28Cl2N2O2. The molecule has 1 aromatic rings. The lowest BCUT2D eigenvalue weighted by atomic mass is 9.89. The van der Waals surface area contributed by atoms with E-state index in [1.54, 1.807) is 6.07 Å². The molecule has 3 fully saturated rings. The lowest BCUT2D eigenvalue weighted by molar-refractivity contribution is -0.117. The first kappa shape index (κ1) is 19.8. The van der Waals surface area contributed by atoms with Gasteiger partial charge in [-0.2, -0.15) is 0 Å². The first-order chi connectivity index (χ1) is 12.2. The van der Waals surface area contributed by atoms with Crippen molar-refractivity contribution in [1.29, 1.82) is 0 Å². The number of benzene rings is 1. The van der Waals surface area contributed by atoms with Crippen molar-refractivity contribution in [2.75, 3.05) is 5.32 Å². The van der Waals surface area contributed by atoms with Crippen LogP contribution in [0.3, 0.4) is 0 Å². The van der Waals surface area contributed by atoms with Crippen molar-refractivity contribution in [3.63, 3.8) is 0 Å². The molecule has 2 saturated heterocycles. The zero-order valence-corrected chi connectivity index (χ0v) is 16.6. The van der Waals surface area contributed by atoms with Crippen LogP contribution < -0.4 is 15.4 Å². The summed E-state index contributed by atoms with van der Waals surface area (Å²) >= 11 is 6.35. The summed E-state index contributed by atoms with van der Waals surface area (Å²) < 4.78 is 5.97. The van der Waals surface area contributed by atoms with Gasteiger partial charge in [-0.3, -0.25) is 4.79 Å². The second kappa shape index (κ2) is 8.81. The molecule has 2 bridgehead atoms. The molecule has 1 aromatic carbocycles. The Hall–Kier alpha value is -0.970. The van der Waals surface area contributed by atoms with Crippen molar-refractivity contribution < 1.29 is 9.53 Å². The van der Waals surface area contributed by atoms with Gasteiger partial charge in [0, 0.05) is 24.2 Å². The van der Waals surface area contributed by atoms with Gasteiger partial charge >= 0.3 is 0 Å². The van der Waals surface area contributed by atoms with Gasteiger partial charge in [0.05, 0.1) is 11.1 Å². The van der Waals surface area contributed by atoms with Gasteiger partial charge in [0.1, 0.15) is 5.75 Å². The maximum Gasteiger partial charge on any atom is 0.224 e. The highest BCUT2D eigenvalue weighted by Crippen LogP contribution is 2.34. The van der Waals surface area contributed by atoms with Gasteiger partial charge in [-0.1, -0.05) is 11.6 Å². The van der Waals surface area contributed by atoms with Crippen molar-refractivity contribution in [1.82, 2.24) is 5.32 Å². The van der Waals surface area contributed by atoms with E-state index in [0.717, 1.165) is 37.1 Å². The standard InChI is InChI=1S/C20H27ClN2O2.ClH/c21-18-12-16(7-8-19(18)25-17-3-1-2-4-17)23-20(24)11-13-9-14-5-6-15(10-13)22-14;/h7-8,12-15,17,22H,1-6,9-11H2,(H,23,24);1H. The van der Waals surface area contributed by atoms with E-state index in [2.05, 4.69) is 10.6 Å². The zero-order chi connectivity index (χ0) is 17.2. The summed E-state index contributed by atoms with van der Waals surface area (Å²) in [7, 11) is 0. The molecule has 4 nitrogen and oxygen atoms in total. The summed E-state index contributed by atoms with van der Waals surface area (Å²) in [6.07, 6.45) is 10.3. The number of halogens is 2. The van der Waals surface area contributed by atoms with E-state index < -0.39 is 0 Å². The number of amides is 1. The minimum Gasteiger partial charge on any atom is -0.489 e. The molecule has 0 radical (unpaired) electrons. The summed E-state index contributed by atoms with van der Waals surface area (Å²) in [4.78, 5) is 12.4. The van der Waals surface area contributed by atoms with E-state index in [9.17, 15) is 4.79 Å². The van der Waals surface area contributed by atoms with E-state index in [0.29, 0.717) is 29.4 Å². The fourth-order valence-corrected chi connectivity index (χ4v) is 4.90. The topological polar surface area (TPSA) is 50.4 Å². The number of hydrogen-bond donors (Lipinski definition) is 2. The Morgan fingerprint density at radius 2 is 1.85 bits per heavy atom. The van der Waals surface area contributed by atoms with Crippen LogP contribution >= 0.6 is 24.0 Å². The molecule has 4 rings (SSSR count). The Labute approximate surface area is 166 Å². The van der Waals surface area contributed by atoms with Crippen LogP contribution in [0.2, 0.25) is 5.02 Å². The number of carbonyl (C=O) groups excluding carboxylic acids is 1. The van der Waals surface area contributed by atoms with Gasteiger partial charge in [0.2, 0.25) is 5.91 Å². The quantitative estimate of drug-likeness (QED) is 0.737. The number of anilines is 1. The van der Waals surface area contributed by atoms with Crippen LogP contribution in [0.15, 0.2) is 18.2 Å². The van der Waals surface area contributed by atoms with Crippen molar-refractivity contribution in [2.45, 2.75) is 76.0 Å². The minimum absolute atomic E-state index is 0. The SMILES string of the molecule is Cl.O=C(CC1CC2CCC(C1)N2)Nc1ccc(OC2CCCC2)c(Cl)c1. The zero-order valence-electron chi connectivity index (χ0n) is 15.0. The Morgan fingerprint density at radius 1 is 1.15 bits per heavy atom. The van der Waals surface area contributed by atoms with Crippen LogP contribution in [-0.4, -0.2) is 24.1 Å². The third-order valence-electron chi connectivity index (χ3n) is 5.86. The van der Waals surface area contributed by atoms with Gasteiger partial charge in [-0.15, -0.1) is 12.4 Å². The number of nitrogens with one attached hydrogen (secondary N) is 2. The minimum atomic E-state index is 0. The molecule has 26 heavy (non-hydrogen) atoms. The fraction of sp³-hybridized carbons (Fsp3) is 0.650. The molecule has 1 aliphatic carbocycles. The molecule has 0 aromatic heterocycles. The van der Waals surface area contributed by atoms with Crippen LogP contribution in [-0.2, 0) is 4.79 Å². The number of piperidine rings is 1. The number of rotatable bonds is 5. The van der Waals surface area contributed by atoms with Crippen LogP contribution in [0.25, 0.3) is 0 Å². The maximum absolute atomic E-state index is 12.4. The molecule has 144 valence electrons. The van der Waals surface area contributed by atoms with Crippen molar-refractivity contribution >= 4 is 35.6 Å². The van der Waals surface area contributed by atoms with Crippen molar-refractivity contribution in [3.05, 3.63) is 23.2 Å². The lowest BCUT2D eigenvalue weighted by Crippen LogP contribution is -2.39. The number of hydrogen-bond acceptors (Lipinski definition) is 3. The fourth-order valence-electron chi connectivity index (χ4n) is 4.68. The number of fused-ring (bicyclic) bond motifs is 2. The highest BCUT2D eigenvalue weighted by atomic mass is 35.5. The van der Waals surface area contributed by atoms with Gasteiger partial charge in [0.15, 0.2) is 0 Å². The second-order valence-corrected chi connectivity index (χ2v) is 8.30. The Balaban J connectivity index is 0.00000196. The molecule has 2 heterocycles. The first-order valence-corrected chi connectivity index (χ1v) is 10.1. The third-order valence-corrected chi connectivity index (χ3v) is 6.15. The lowest BCUT2D eigenvalue weighted by Gasteiger charge is -2.28. The average molecular weight is 399 g/mol. The van der Waals surface area contributed by atoms with Gasteiger partial charge in [-0.25, -0.2) is 0 Å². The van der Waals surface area contributed by atoms with Crippen molar-refractivity contribution in [3.8, 4) is 5.75 Å². The van der Waals surface area contributed by atoms with Crippen LogP contribution in [0.5, 0.6) is 5.75 Å². The second-order valence-electron chi connectivity index (χ2n) is 7.90. The predicted octanol–water partition coefficient (Wildman–Crippen LogP) is 4.94. The number of carbonyl (C=O) groups is 1. The number of ether oxygens (including phenoxy) is 1. The molecule has 3 aliphatic rings. The molecule has 2 unspecified atom stereocenters. The molecule has 2 aliphatic heterocycles. The van der Waals surface area contributed by atoms with E-state index in [-0.39, 0.29) is 24.4 Å². The van der Waals surface area contributed by atoms with E-state index in [1.807, 2.05) is 12.1 Å². The van der Waals surface area contributed by atoms with E-state index >= 15 is 0 Å². The summed E-state index contributed by atoms with van der Waals surface area (Å²) in [5.74, 6) is 1.31. The molecule has 1 amide bonds. The van der Waals surface area contributed by atoms with Gasteiger partial charge in [-0.05, 0) is 75.5 Å². The van der Waals surface area contributed by atoms with Crippen LogP contribution in [0.1, 0.15) is 57.8 Å². The summed E-state index contributed by atoms with van der Waals surface area (Å²) in [5.41, 5.74) is 0.755. The van der Waals surface area contributed by atoms with Crippen LogP contribution in [0, 0.1) is 5.92 Å². The van der Waals surface area contributed by atoms with Gasteiger partial charge in [0.25, 0.3) is 0 Å². The van der Waals surface area contributed by atoms with E-state index in [1.165, 1.54) is 25.7 Å². The highest BCUT2D eigenvalue weighted by molar-refractivity contribution is 6.32. The third kappa shape index (κ3) is 4.85. The van der Waals surface area contributed by atoms with Crippen LogP contribution in [0.4, 0.5) is 5.69 Å². The summed E-state index contributed by atoms with van der Waals surface area (Å²) in [6, 6.07) is 6.81. The largest absolute Gasteiger partial charge is 0.489 e. The monoisotopic (exact) mass is 398 g/mol. The molecule has 6 heteroatoms. The average Bonchev–Trinajstić information content (AvgIpc) is 3.19. The van der Waals surface area contributed by atoms with E-state index in [4.69, 9.17) is 16.3 Å². The highest BCUT2D eigenvalue weighted by Gasteiger charge is 2.34. The van der Waals surface area contributed by atoms with Gasteiger partial charge < -0.3 is 15.4 Å². The normalized spacial score (nSPS) is 27.8. The Kier molecular flexibility index (Phi) is 6.70. The predicted molar refractivity (Wildman–Crippen MR) is 108 cm³/mol. The molecule has 2 atom stereocenters. The molecule has 1 saturated carbocycles. The first-order valence-electron chi connectivity index (χ1n) is 9.68. The molecular weight excluding hydrogens is 371 g/mol. The maximum atomic E-state index is 12.4. The molecule has 2 N–H and O–H groups in total. The summed E-state index contributed by atoms with van der Waals surface area (Å²) in [6.45, 7) is 0.